The van der Waals surface area contributed by atoms with Crippen molar-refractivity contribution in [1.82, 2.24) is 0 Å². The highest BCUT2D eigenvalue weighted by atomic mass is 35.5. The topological polar surface area (TPSA) is 72.5 Å². The SMILES string of the molecule is CC(C)COc1ccc(NC(=O)c2ccc(S(C)(=O)=O)cc2)cc1Cl. The van der Waals surface area contributed by atoms with Crippen LogP contribution < -0.4 is 10.1 Å². The second-order valence-electron chi connectivity index (χ2n) is 6.10. The number of sulfone groups is 1. The molecule has 2 aromatic carbocycles. The van der Waals surface area contributed by atoms with E-state index in [9.17, 15) is 13.2 Å². The van der Waals surface area contributed by atoms with Crippen molar-refractivity contribution in [3.05, 3.63) is 53.1 Å². The van der Waals surface area contributed by atoms with E-state index in [4.69, 9.17) is 16.3 Å². The van der Waals surface area contributed by atoms with Crippen LogP contribution in [-0.4, -0.2) is 27.2 Å². The predicted octanol–water partition coefficient (Wildman–Crippen LogP) is 4.03. The Morgan fingerprint density at radius 2 is 1.80 bits per heavy atom. The van der Waals surface area contributed by atoms with Gasteiger partial charge in [-0.05, 0) is 48.4 Å². The van der Waals surface area contributed by atoms with Crippen molar-refractivity contribution in [3.8, 4) is 5.75 Å². The molecule has 0 unspecified atom stereocenters. The van der Waals surface area contributed by atoms with Gasteiger partial charge in [-0.1, -0.05) is 25.4 Å². The molecule has 0 aromatic heterocycles. The molecule has 1 amide bonds. The number of carbonyl (C=O) groups is 1. The fourth-order valence-electron chi connectivity index (χ4n) is 2.01. The van der Waals surface area contributed by atoms with Gasteiger partial charge in [0.15, 0.2) is 9.84 Å². The smallest absolute Gasteiger partial charge is 0.255 e. The van der Waals surface area contributed by atoms with Gasteiger partial charge in [0.25, 0.3) is 5.91 Å². The molecule has 0 fully saturated rings. The van der Waals surface area contributed by atoms with Crippen LogP contribution in [0.15, 0.2) is 47.4 Å². The van der Waals surface area contributed by atoms with E-state index in [2.05, 4.69) is 5.32 Å². The fourth-order valence-corrected chi connectivity index (χ4v) is 2.87. The minimum absolute atomic E-state index is 0.166. The Morgan fingerprint density at radius 1 is 1.16 bits per heavy atom. The lowest BCUT2D eigenvalue weighted by molar-refractivity contribution is 0.102. The summed E-state index contributed by atoms with van der Waals surface area (Å²) in [5, 5.41) is 3.13. The van der Waals surface area contributed by atoms with Crippen molar-refractivity contribution >= 4 is 33.0 Å². The Labute approximate surface area is 152 Å². The number of amides is 1. The van der Waals surface area contributed by atoms with E-state index in [1.807, 2.05) is 13.8 Å². The average Bonchev–Trinajstić information content (AvgIpc) is 2.53. The maximum Gasteiger partial charge on any atom is 0.255 e. The van der Waals surface area contributed by atoms with E-state index in [0.717, 1.165) is 6.26 Å². The molecule has 25 heavy (non-hydrogen) atoms. The van der Waals surface area contributed by atoms with Crippen molar-refractivity contribution in [2.24, 2.45) is 5.92 Å². The number of benzene rings is 2. The second-order valence-corrected chi connectivity index (χ2v) is 8.52. The van der Waals surface area contributed by atoms with Crippen LogP contribution in [-0.2, 0) is 9.84 Å². The fraction of sp³-hybridized carbons (Fsp3) is 0.278. The highest BCUT2D eigenvalue weighted by molar-refractivity contribution is 7.90. The van der Waals surface area contributed by atoms with E-state index in [0.29, 0.717) is 34.5 Å². The molecule has 2 rings (SSSR count). The lowest BCUT2D eigenvalue weighted by Crippen LogP contribution is -2.12. The largest absolute Gasteiger partial charge is 0.492 e. The number of rotatable bonds is 6. The van der Waals surface area contributed by atoms with E-state index >= 15 is 0 Å². The van der Waals surface area contributed by atoms with Gasteiger partial charge in [-0.2, -0.15) is 0 Å². The van der Waals surface area contributed by atoms with Crippen LogP contribution in [0.5, 0.6) is 5.75 Å². The third-order valence-corrected chi connectivity index (χ3v) is 4.73. The van der Waals surface area contributed by atoms with Crippen molar-refractivity contribution in [2.75, 3.05) is 18.2 Å². The molecule has 0 radical (unpaired) electrons. The molecule has 2 aromatic rings. The van der Waals surface area contributed by atoms with Gasteiger partial charge in [0, 0.05) is 17.5 Å². The Hall–Kier alpha value is -2.05. The van der Waals surface area contributed by atoms with Gasteiger partial charge in [-0.25, -0.2) is 8.42 Å². The monoisotopic (exact) mass is 381 g/mol. The van der Waals surface area contributed by atoms with Crippen LogP contribution in [0.3, 0.4) is 0 Å². The third-order valence-electron chi connectivity index (χ3n) is 3.31. The Morgan fingerprint density at radius 3 is 2.32 bits per heavy atom. The molecule has 0 atom stereocenters. The number of anilines is 1. The highest BCUT2D eigenvalue weighted by Gasteiger charge is 2.11. The number of nitrogens with one attached hydrogen (secondary N) is 1. The first-order chi connectivity index (χ1) is 11.7. The maximum absolute atomic E-state index is 12.3. The maximum atomic E-state index is 12.3. The standard InChI is InChI=1S/C18H20ClNO4S/c1-12(2)11-24-17-9-6-14(10-16(17)19)20-18(21)13-4-7-15(8-5-13)25(3,22)23/h4-10,12H,11H2,1-3H3,(H,20,21). The quantitative estimate of drug-likeness (QED) is 0.819. The normalized spacial score (nSPS) is 11.4. The van der Waals surface area contributed by atoms with E-state index in [1.54, 1.807) is 18.2 Å². The van der Waals surface area contributed by atoms with Crippen molar-refractivity contribution in [2.45, 2.75) is 18.7 Å². The molecule has 0 saturated heterocycles. The molecule has 0 bridgehead atoms. The number of hydrogen-bond donors (Lipinski definition) is 1. The van der Waals surface area contributed by atoms with Crippen molar-refractivity contribution < 1.29 is 17.9 Å². The third kappa shape index (κ3) is 5.47. The molecule has 0 heterocycles. The second kappa shape index (κ2) is 7.89. The average molecular weight is 382 g/mol. The van der Waals surface area contributed by atoms with Gasteiger partial charge in [0.2, 0.25) is 0 Å². The van der Waals surface area contributed by atoms with E-state index in [1.165, 1.54) is 24.3 Å². The van der Waals surface area contributed by atoms with Crippen LogP contribution >= 0.6 is 11.6 Å². The van der Waals surface area contributed by atoms with Gasteiger partial charge < -0.3 is 10.1 Å². The summed E-state index contributed by atoms with van der Waals surface area (Å²) in [5.41, 5.74) is 0.878. The molecule has 0 aliphatic carbocycles. The molecule has 5 nitrogen and oxygen atoms in total. The summed E-state index contributed by atoms with van der Waals surface area (Å²) in [6.45, 7) is 4.63. The predicted molar refractivity (Wildman–Crippen MR) is 99.3 cm³/mol. The van der Waals surface area contributed by atoms with Crippen molar-refractivity contribution in [1.29, 1.82) is 0 Å². The summed E-state index contributed by atoms with van der Waals surface area (Å²) in [6, 6.07) is 10.7. The zero-order valence-corrected chi connectivity index (χ0v) is 15.8. The van der Waals surface area contributed by atoms with Crippen LogP contribution in [0, 0.1) is 5.92 Å². The summed E-state index contributed by atoms with van der Waals surface area (Å²) in [7, 11) is -3.29. The molecule has 0 aliphatic heterocycles. The summed E-state index contributed by atoms with van der Waals surface area (Å²) < 4.78 is 28.5. The molecule has 134 valence electrons. The molecular weight excluding hydrogens is 362 g/mol. The number of hydrogen-bond acceptors (Lipinski definition) is 4. The molecule has 0 saturated carbocycles. The zero-order chi connectivity index (χ0) is 18.6. The van der Waals surface area contributed by atoms with E-state index in [-0.39, 0.29) is 10.8 Å². The number of carbonyl (C=O) groups excluding carboxylic acids is 1. The molecule has 1 N–H and O–H groups in total. The van der Waals surface area contributed by atoms with Crippen LogP contribution in [0.4, 0.5) is 5.69 Å². The molecular formula is C18H20ClNO4S. The molecule has 0 spiro atoms. The lowest BCUT2D eigenvalue weighted by Gasteiger charge is -2.12. The Balaban J connectivity index is 2.09. The summed E-state index contributed by atoms with van der Waals surface area (Å²) in [4.78, 5) is 12.4. The van der Waals surface area contributed by atoms with Gasteiger partial charge >= 0.3 is 0 Å². The summed E-state index contributed by atoms with van der Waals surface area (Å²) in [5.74, 6) is 0.586. The number of halogens is 1. The van der Waals surface area contributed by atoms with Crippen LogP contribution in [0.1, 0.15) is 24.2 Å². The minimum atomic E-state index is -3.29. The molecule has 0 aliphatic rings. The summed E-state index contributed by atoms with van der Waals surface area (Å²) >= 11 is 6.17. The highest BCUT2D eigenvalue weighted by Crippen LogP contribution is 2.28. The number of ether oxygens (including phenoxy) is 1. The zero-order valence-electron chi connectivity index (χ0n) is 14.2. The minimum Gasteiger partial charge on any atom is -0.492 e. The first kappa shape index (κ1) is 19.3. The first-order valence-electron chi connectivity index (χ1n) is 7.70. The van der Waals surface area contributed by atoms with Gasteiger partial charge in [0.05, 0.1) is 16.5 Å². The van der Waals surface area contributed by atoms with Crippen LogP contribution in [0.25, 0.3) is 0 Å². The van der Waals surface area contributed by atoms with Crippen molar-refractivity contribution in [3.63, 3.8) is 0 Å². The Bertz CT molecular complexity index is 861. The van der Waals surface area contributed by atoms with Gasteiger partial charge in [0.1, 0.15) is 5.75 Å². The lowest BCUT2D eigenvalue weighted by atomic mass is 10.2. The van der Waals surface area contributed by atoms with Gasteiger partial charge in [-0.3, -0.25) is 4.79 Å². The Kier molecular flexibility index (Phi) is 6.08. The molecule has 7 heteroatoms. The first-order valence-corrected chi connectivity index (χ1v) is 9.97. The van der Waals surface area contributed by atoms with Crippen LogP contribution in [0.2, 0.25) is 5.02 Å². The van der Waals surface area contributed by atoms with Gasteiger partial charge in [-0.15, -0.1) is 0 Å². The van der Waals surface area contributed by atoms with E-state index < -0.39 is 9.84 Å². The summed E-state index contributed by atoms with van der Waals surface area (Å²) in [6.07, 6.45) is 1.12.